The van der Waals surface area contributed by atoms with Crippen molar-refractivity contribution in [3.05, 3.63) is 35.4 Å². The van der Waals surface area contributed by atoms with Gasteiger partial charge in [0, 0.05) is 24.5 Å². The van der Waals surface area contributed by atoms with Crippen molar-refractivity contribution < 1.29 is 13.2 Å². The molecule has 0 aliphatic carbocycles. The van der Waals surface area contributed by atoms with Crippen LogP contribution in [0.2, 0.25) is 0 Å². The predicted molar refractivity (Wildman–Crippen MR) is 67.0 cm³/mol. The van der Waals surface area contributed by atoms with Gasteiger partial charge in [-0.2, -0.15) is 18.3 Å². The molecule has 0 aromatic carbocycles. The topological polar surface area (TPSA) is 55.6 Å². The van der Waals surface area contributed by atoms with Gasteiger partial charge < -0.3 is 5.32 Å². The molecular weight excluding hydrogens is 271 g/mol. The number of hydrogen-bond acceptors (Lipinski definition) is 4. The van der Waals surface area contributed by atoms with Gasteiger partial charge >= 0.3 is 6.18 Å². The van der Waals surface area contributed by atoms with E-state index in [9.17, 15) is 13.2 Å². The van der Waals surface area contributed by atoms with Crippen LogP contribution in [0, 0.1) is 6.92 Å². The Balaban J connectivity index is 2.20. The maximum atomic E-state index is 12.6. The zero-order valence-electron chi connectivity index (χ0n) is 11.2. The van der Waals surface area contributed by atoms with Crippen molar-refractivity contribution in [3.63, 3.8) is 0 Å². The van der Waals surface area contributed by atoms with Gasteiger partial charge in [0.25, 0.3) is 0 Å². The summed E-state index contributed by atoms with van der Waals surface area (Å²) >= 11 is 0. The molecule has 0 bridgehead atoms. The highest BCUT2D eigenvalue weighted by molar-refractivity contribution is 5.33. The molecule has 1 atom stereocenters. The van der Waals surface area contributed by atoms with Gasteiger partial charge in [0.2, 0.25) is 5.95 Å². The largest absolute Gasteiger partial charge is 0.433 e. The average Bonchev–Trinajstić information content (AvgIpc) is 2.69. The smallest absolute Gasteiger partial charge is 0.348 e. The molecule has 0 spiro atoms. The lowest BCUT2D eigenvalue weighted by atomic mass is 10.1. The molecule has 1 unspecified atom stereocenters. The highest BCUT2D eigenvalue weighted by Crippen LogP contribution is 2.28. The first-order chi connectivity index (χ1) is 9.29. The van der Waals surface area contributed by atoms with Crippen LogP contribution >= 0.6 is 0 Å². The lowest BCUT2D eigenvalue weighted by molar-refractivity contribution is -0.141. The minimum Gasteiger partial charge on any atom is -0.348 e. The van der Waals surface area contributed by atoms with Crippen molar-refractivity contribution >= 4 is 5.95 Å². The minimum absolute atomic E-state index is 0.0596. The third-order valence-corrected chi connectivity index (χ3v) is 3.03. The Labute approximate surface area is 113 Å². The Hall–Kier alpha value is -2.12. The van der Waals surface area contributed by atoms with Gasteiger partial charge in [0.1, 0.15) is 5.69 Å². The zero-order chi connectivity index (χ0) is 14.9. The summed E-state index contributed by atoms with van der Waals surface area (Å²) in [6.07, 6.45) is -1.73. The Bertz CT molecular complexity index is 605. The van der Waals surface area contributed by atoms with E-state index >= 15 is 0 Å². The molecule has 0 amide bonds. The number of nitrogens with zero attached hydrogens (tertiary/aromatic N) is 4. The molecule has 0 radical (unpaired) electrons. The summed E-state index contributed by atoms with van der Waals surface area (Å²) in [5, 5.41) is 6.94. The van der Waals surface area contributed by atoms with E-state index in [2.05, 4.69) is 20.4 Å². The SMILES string of the molecule is Cc1c(C(C)Nc2nccc(C(F)(F)F)n2)cnn1C. The fourth-order valence-electron chi connectivity index (χ4n) is 1.80. The molecule has 0 saturated heterocycles. The Morgan fingerprint density at radius 1 is 1.35 bits per heavy atom. The fraction of sp³-hybridized carbons (Fsp3) is 0.417. The van der Waals surface area contributed by atoms with Gasteiger partial charge in [0.15, 0.2) is 0 Å². The van der Waals surface area contributed by atoms with Crippen LogP contribution in [0.25, 0.3) is 0 Å². The molecule has 20 heavy (non-hydrogen) atoms. The third-order valence-electron chi connectivity index (χ3n) is 3.03. The van der Waals surface area contributed by atoms with E-state index in [1.807, 2.05) is 13.8 Å². The van der Waals surface area contributed by atoms with Crippen molar-refractivity contribution in [2.45, 2.75) is 26.1 Å². The average molecular weight is 285 g/mol. The van der Waals surface area contributed by atoms with Crippen LogP contribution in [-0.2, 0) is 13.2 Å². The fourth-order valence-corrected chi connectivity index (χ4v) is 1.80. The van der Waals surface area contributed by atoms with Crippen LogP contribution in [0.1, 0.15) is 29.9 Å². The van der Waals surface area contributed by atoms with Gasteiger partial charge in [-0.05, 0) is 19.9 Å². The van der Waals surface area contributed by atoms with Gasteiger partial charge in [0.05, 0.1) is 12.2 Å². The second kappa shape index (κ2) is 5.10. The predicted octanol–water partition coefficient (Wildman–Crippen LogP) is 2.71. The molecule has 2 heterocycles. The molecule has 2 rings (SSSR count). The van der Waals surface area contributed by atoms with Gasteiger partial charge in [-0.1, -0.05) is 0 Å². The van der Waals surface area contributed by atoms with Crippen molar-refractivity contribution in [2.24, 2.45) is 7.05 Å². The molecular formula is C12H14F3N5. The normalized spacial score (nSPS) is 13.3. The summed E-state index contributed by atoms with van der Waals surface area (Å²) in [4.78, 5) is 7.28. The molecule has 8 heteroatoms. The van der Waals surface area contributed by atoms with E-state index in [4.69, 9.17) is 0 Å². The quantitative estimate of drug-likeness (QED) is 0.942. The summed E-state index contributed by atoms with van der Waals surface area (Å²) in [6, 6.07) is 0.595. The number of alkyl halides is 3. The minimum atomic E-state index is -4.48. The number of hydrogen-bond donors (Lipinski definition) is 1. The molecule has 2 aromatic heterocycles. The summed E-state index contributed by atoms with van der Waals surface area (Å²) in [6.45, 7) is 3.70. The maximum Gasteiger partial charge on any atom is 0.433 e. The van der Waals surface area contributed by atoms with E-state index < -0.39 is 11.9 Å². The summed E-state index contributed by atoms with van der Waals surface area (Å²) in [7, 11) is 1.80. The van der Waals surface area contributed by atoms with Gasteiger partial charge in [-0.15, -0.1) is 0 Å². The molecule has 0 aliphatic rings. The van der Waals surface area contributed by atoms with Crippen LogP contribution in [0.4, 0.5) is 19.1 Å². The van der Waals surface area contributed by atoms with Crippen LogP contribution in [0.5, 0.6) is 0 Å². The number of aryl methyl sites for hydroxylation is 1. The van der Waals surface area contributed by atoms with Crippen LogP contribution in [0.15, 0.2) is 18.5 Å². The van der Waals surface area contributed by atoms with Gasteiger partial charge in [-0.3, -0.25) is 4.68 Å². The first-order valence-corrected chi connectivity index (χ1v) is 5.94. The number of anilines is 1. The second-order valence-electron chi connectivity index (χ2n) is 4.44. The number of rotatable bonds is 3. The summed E-state index contributed by atoms with van der Waals surface area (Å²) in [5.41, 5.74) is 0.843. The number of halogens is 3. The van der Waals surface area contributed by atoms with E-state index in [0.29, 0.717) is 0 Å². The van der Waals surface area contributed by atoms with Crippen LogP contribution in [-0.4, -0.2) is 19.7 Å². The first kappa shape index (κ1) is 14.3. The van der Waals surface area contributed by atoms with E-state index in [-0.39, 0.29) is 12.0 Å². The number of aromatic nitrogens is 4. The Morgan fingerprint density at radius 2 is 2.05 bits per heavy atom. The summed E-state index contributed by atoms with van der Waals surface area (Å²) in [5.74, 6) is -0.0596. The summed E-state index contributed by atoms with van der Waals surface area (Å²) < 4.78 is 39.4. The van der Waals surface area contributed by atoms with Crippen molar-refractivity contribution in [2.75, 3.05) is 5.32 Å². The van der Waals surface area contributed by atoms with E-state index in [0.717, 1.165) is 23.5 Å². The molecule has 1 N–H and O–H groups in total. The maximum absolute atomic E-state index is 12.6. The highest BCUT2D eigenvalue weighted by Gasteiger charge is 2.32. The second-order valence-corrected chi connectivity index (χ2v) is 4.44. The first-order valence-electron chi connectivity index (χ1n) is 5.94. The zero-order valence-corrected chi connectivity index (χ0v) is 11.2. The van der Waals surface area contributed by atoms with Crippen molar-refractivity contribution in [1.82, 2.24) is 19.7 Å². The standard InChI is InChI=1S/C12H14F3N5/c1-7(9-6-17-20(3)8(9)2)18-11-16-5-4-10(19-11)12(13,14)15/h4-7H,1-3H3,(H,16,18,19). The van der Waals surface area contributed by atoms with Crippen LogP contribution in [0.3, 0.4) is 0 Å². The Kier molecular flexibility index (Phi) is 3.65. The molecule has 2 aromatic rings. The number of nitrogens with one attached hydrogen (secondary N) is 1. The van der Waals surface area contributed by atoms with Crippen LogP contribution < -0.4 is 5.32 Å². The van der Waals surface area contributed by atoms with Gasteiger partial charge in [-0.25, -0.2) is 9.97 Å². The molecule has 0 fully saturated rings. The molecule has 108 valence electrons. The molecule has 0 saturated carbocycles. The van der Waals surface area contributed by atoms with E-state index in [1.165, 1.54) is 0 Å². The Morgan fingerprint density at radius 3 is 2.60 bits per heavy atom. The lowest BCUT2D eigenvalue weighted by Crippen LogP contribution is -2.14. The molecule has 5 nitrogen and oxygen atoms in total. The van der Waals surface area contributed by atoms with E-state index in [1.54, 1.807) is 17.9 Å². The lowest BCUT2D eigenvalue weighted by Gasteiger charge is -2.14. The highest BCUT2D eigenvalue weighted by atomic mass is 19.4. The molecule has 0 aliphatic heterocycles. The van der Waals surface area contributed by atoms with Crippen molar-refractivity contribution in [1.29, 1.82) is 0 Å². The third kappa shape index (κ3) is 2.89. The van der Waals surface area contributed by atoms with Crippen molar-refractivity contribution in [3.8, 4) is 0 Å². The monoisotopic (exact) mass is 285 g/mol.